The SMILES string of the molecule is CCc1ccc(C(O)C(O)CNC(=O)OC(C)(C)C)o1. The van der Waals surface area contributed by atoms with Crippen LogP contribution < -0.4 is 5.32 Å². The van der Waals surface area contributed by atoms with Gasteiger partial charge in [0.15, 0.2) is 0 Å². The summed E-state index contributed by atoms with van der Waals surface area (Å²) in [6.45, 7) is 7.03. The molecule has 0 spiro atoms. The summed E-state index contributed by atoms with van der Waals surface area (Å²) < 4.78 is 10.4. The molecule has 0 aromatic carbocycles. The van der Waals surface area contributed by atoms with Gasteiger partial charge < -0.3 is 24.7 Å². The maximum Gasteiger partial charge on any atom is 0.407 e. The number of hydrogen-bond donors (Lipinski definition) is 3. The molecule has 1 aromatic rings. The number of amides is 1. The van der Waals surface area contributed by atoms with Crippen LogP contribution in [0.2, 0.25) is 0 Å². The number of carbonyl (C=O) groups is 1. The average molecular weight is 285 g/mol. The van der Waals surface area contributed by atoms with E-state index in [-0.39, 0.29) is 12.3 Å². The van der Waals surface area contributed by atoms with Crippen molar-refractivity contribution in [2.24, 2.45) is 0 Å². The second kappa shape index (κ2) is 6.76. The molecule has 0 bridgehead atoms. The summed E-state index contributed by atoms with van der Waals surface area (Å²) in [5.41, 5.74) is -0.606. The molecule has 0 saturated carbocycles. The van der Waals surface area contributed by atoms with Gasteiger partial charge in [0, 0.05) is 13.0 Å². The van der Waals surface area contributed by atoms with Gasteiger partial charge in [-0.2, -0.15) is 0 Å². The van der Waals surface area contributed by atoms with Crippen LogP contribution in [0.3, 0.4) is 0 Å². The number of rotatable bonds is 5. The smallest absolute Gasteiger partial charge is 0.407 e. The number of nitrogens with one attached hydrogen (secondary N) is 1. The van der Waals surface area contributed by atoms with Crippen molar-refractivity contribution in [2.45, 2.75) is 51.9 Å². The fraction of sp³-hybridized carbons (Fsp3) is 0.643. The molecule has 0 aliphatic rings. The monoisotopic (exact) mass is 285 g/mol. The lowest BCUT2D eigenvalue weighted by atomic mass is 10.1. The molecule has 1 rings (SSSR count). The third-order valence-electron chi connectivity index (χ3n) is 2.54. The predicted molar refractivity (Wildman–Crippen MR) is 73.3 cm³/mol. The number of furan rings is 1. The fourth-order valence-electron chi connectivity index (χ4n) is 1.55. The molecule has 0 aliphatic carbocycles. The molecule has 0 radical (unpaired) electrons. The van der Waals surface area contributed by atoms with E-state index in [9.17, 15) is 15.0 Å². The summed E-state index contributed by atoms with van der Waals surface area (Å²) in [6.07, 6.45) is -2.29. The van der Waals surface area contributed by atoms with Gasteiger partial charge in [-0.3, -0.25) is 0 Å². The van der Waals surface area contributed by atoms with Crippen molar-refractivity contribution in [1.29, 1.82) is 0 Å². The fourth-order valence-corrected chi connectivity index (χ4v) is 1.55. The zero-order valence-electron chi connectivity index (χ0n) is 12.3. The summed E-state index contributed by atoms with van der Waals surface area (Å²) in [7, 11) is 0. The zero-order valence-corrected chi connectivity index (χ0v) is 12.3. The van der Waals surface area contributed by atoms with Gasteiger partial charge >= 0.3 is 6.09 Å². The number of ether oxygens (including phenoxy) is 1. The molecule has 3 N–H and O–H groups in total. The van der Waals surface area contributed by atoms with Crippen LogP contribution in [-0.2, 0) is 11.2 Å². The molecule has 0 fully saturated rings. The maximum atomic E-state index is 11.4. The Morgan fingerprint density at radius 2 is 2.05 bits per heavy atom. The maximum absolute atomic E-state index is 11.4. The molecule has 0 saturated heterocycles. The summed E-state index contributed by atoms with van der Waals surface area (Å²) in [6, 6.07) is 3.35. The Morgan fingerprint density at radius 3 is 2.55 bits per heavy atom. The summed E-state index contributed by atoms with van der Waals surface area (Å²) >= 11 is 0. The third kappa shape index (κ3) is 5.22. The Balaban J connectivity index is 2.46. The van der Waals surface area contributed by atoms with E-state index in [1.165, 1.54) is 0 Å². The molecule has 114 valence electrons. The third-order valence-corrected chi connectivity index (χ3v) is 2.54. The lowest BCUT2D eigenvalue weighted by Crippen LogP contribution is -2.38. The highest BCUT2D eigenvalue weighted by atomic mass is 16.6. The average Bonchev–Trinajstić information content (AvgIpc) is 2.81. The molecule has 2 atom stereocenters. The second-order valence-corrected chi connectivity index (χ2v) is 5.55. The van der Waals surface area contributed by atoms with E-state index in [4.69, 9.17) is 9.15 Å². The van der Waals surface area contributed by atoms with Gasteiger partial charge in [-0.25, -0.2) is 4.79 Å². The molecule has 1 amide bonds. The lowest BCUT2D eigenvalue weighted by Gasteiger charge is -2.21. The first-order chi connectivity index (χ1) is 9.23. The first-order valence-electron chi connectivity index (χ1n) is 6.64. The van der Waals surface area contributed by atoms with Crippen molar-refractivity contribution in [3.8, 4) is 0 Å². The van der Waals surface area contributed by atoms with Crippen LogP contribution in [0.1, 0.15) is 45.3 Å². The second-order valence-electron chi connectivity index (χ2n) is 5.55. The van der Waals surface area contributed by atoms with Crippen LogP contribution >= 0.6 is 0 Å². The predicted octanol–water partition coefficient (Wildman–Crippen LogP) is 1.76. The minimum absolute atomic E-state index is 0.127. The molecular formula is C14H23NO5. The molecule has 1 heterocycles. The number of alkyl carbamates (subject to hydrolysis) is 1. The molecule has 20 heavy (non-hydrogen) atoms. The van der Waals surface area contributed by atoms with Gasteiger partial charge in [0.1, 0.15) is 29.3 Å². The molecule has 2 unspecified atom stereocenters. The van der Waals surface area contributed by atoms with Crippen LogP contribution in [-0.4, -0.2) is 34.6 Å². The molecule has 0 aliphatic heterocycles. The Kier molecular flexibility index (Phi) is 5.59. The van der Waals surface area contributed by atoms with Gasteiger partial charge in [0.25, 0.3) is 0 Å². The van der Waals surface area contributed by atoms with Crippen LogP contribution in [0.5, 0.6) is 0 Å². The minimum Gasteiger partial charge on any atom is -0.463 e. The van der Waals surface area contributed by atoms with Crippen molar-refractivity contribution in [2.75, 3.05) is 6.54 Å². The van der Waals surface area contributed by atoms with E-state index in [0.717, 1.165) is 5.76 Å². The highest BCUT2D eigenvalue weighted by Crippen LogP contribution is 2.20. The summed E-state index contributed by atoms with van der Waals surface area (Å²) in [5.74, 6) is 1.01. The van der Waals surface area contributed by atoms with Crippen molar-refractivity contribution < 1.29 is 24.2 Å². The van der Waals surface area contributed by atoms with Crippen molar-refractivity contribution >= 4 is 6.09 Å². The van der Waals surface area contributed by atoms with E-state index in [2.05, 4.69) is 5.32 Å². The summed E-state index contributed by atoms with van der Waals surface area (Å²) in [4.78, 5) is 11.4. The first kappa shape index (κ1) is 16.5. The van der Waals surface area contributed by atoms with Crippen LogP contribution in [0.4, 0.5) is 4.79 Å². The van der Waals surface area contributed by atoms with E-state index in [1.807, 2.05) is 6.92 Å². The van der Waals surface area contributed by atoms with Gasteiger partial charge in [-0.15, -0.1) is 0 Å². The molecule has 6 heteroatoms. The van der Waals surface area contributed by atoms with Gasteiger partial charge in [-0.1, -0.05) is 6.92 Å². The van der Waals surface area contributed by atoms with Crippen LogP contribution in [0.25, 0.3) is 0 Å². The number of carbonyl (C=O) groups excluding carboxylic acids is 1. The number of hydrogen-bond acceptors (Lipinski definition) is 5. The standard InChI is InChI=1S/C14H23NO5/c1-5-9-6-7-11(19-9)12(17)10(16)8-15-13(18)20-14(2,3)4/h6-7,10,12,16-17H,5,8H2,1-4H3,(H,15,18). The van der Waals surface area contributed by atoms with E-state index in [0.29, 0.717) is 6.42 Å². The minimum atomic E-state index is -1.19. The first-order valence-corrected chi connectivity index (χ1v) is 6.64. The van der Waals surface area contributed by atoms with Crippen molar-refractivity contribution in [3.05, 3.63) is 23.7 Å². The van der Waals surface area contributed by atoms with E-state index >= 15 is 0 Å². The Hall–Kier alpha value is -1.53. The Bertz CT molecular complexity index is 435. The zero-order chi connectivity index (χ0) is 15.3. The Labute approximate surface area is 118 Å². The number of aliphatic hydroxyl groups is 2. The van der Waals surface area contributed by atoms with Gasteiger partial charge in [-0.05, 0) is 32.9 Å². The van der Waals surface area contributed by atoms with Gasteiger partial charge in [0.2, 0.25) is 0 Å². The molecular weight excluding hydrogens is 262 g/mol. The normalized spacial score (nSPS) is 14.7. The van der Waals surface area contributed by atoms with Crippen LogP contribution in [0.15, 0.2) is 16.5 Å². The van der Waals surface area contributed by atoms with E-state index in [1.54, 1.807) is 32.9 Å². The lowest BCUT2D eigenvalue weighted by molar-refractivity contribution is 0.00180. The molecule has 1 aromatic heterocycles. The summed E-state index contributed by atoms with van der Waals surface area (Å²) in [5, 5.41) is 22.1. The quantitative estimate of drug-likeness (QED) is 0.766. The van der Waals surface area contributed by atoms with Gasteiger partial charge in [0.05, 0.1) is 0 Å². The number of aliphatic hydroxyl groups excluding tert-OH is 2. The van der Waals surface area contributed by atoms with Crippen molar-refractivity contribution in [3.63, 3.8) is 0 Å². The highest BCUT2D eigenvalue weighted by molar-refractivity contribution is 5.67. The highest BCUT2D eigenvalue weighted by Gasteiger charge is 2.23. The Morgan fingerprint density at radius 1 is 1.40 bits per heavy atom. The largest absolute Gasteiger partial charge is 0.463 e. The van der Waals surface area contributed by atoms with E-state index < -0.39 is 23.9 Å². The number of aryl methyl sites for hydroxylation is 1. The van der Waals surface area contributed by atoms with Crippen molar-refractivity contribution in [1.82, 2.24) is 5.32 Å². The molecule has 6 nitrogen and oxygen atoms in total. The topological polar surface area (TPSA) is 91.9 Å². The van der Waals surface area contributed by atoms with Crippen LogP contribution in [0, 0.1) is 0 Å².